The number of hydrogen-bond acceptors (Lipinski definition) is 2. The van der Waals surface area contributed by atoms with E-state index in [2.05, 4.69) is 20.9 Å². The van der Waals surface area contributed by atoms with Crippen molar-refractivity contribution >= 4 is 21.7 Å². The van der Waals surface area contributed by atoms with E-state index in [1.54, 1.807) is 12.4 Å². The molecule has 0 amide bonds. The van der Waals surface area contributed by atoms with Crippen molar-refractivity contribution in [2.45, 2.75) is 4.83 Å². The van der Waals surface area contributed by atoms with Crippen molar-refractivity contribution in [3.05, 3.63) is 66.0 Å². The lowest BCUT2D eigenvalue weighted by molar-refractivity contribution is 0.0991. The molecule has 1 atom stereocenters. The Morgan fingerprint density at radius 3 is 2.50 bits per heavy atom. The van der Waals surface area contributed by atoms with Crippen molar-refractivity contribution in [1.82, 2.24) is 4.98 Å². The Morgan fingerprint density at radius 2 is 1.88 bits per heavy atom. The van der Waals surface area contributed by atoms with Gasteiger partial charge >= 0.3 is 0 Å². The van der Waals surface area contributed by atoms with Crippen LogP contribution in [0.15, 0.2) is 54.9 Å². The summed E-state index contributed by atoms with van der Waals surface area (Å²) in [5.41, 5.74) is 1.57. The van der Waals surface area contributed by atoms with E-state index in [0.29, 0.717) is 5.56 Å². The molecule has 0 aliphatic carbocycles. The largest absolute Gasteiger partial charge is 0.293 e. The lowest BCUT2D eigenvalue weighted by Gasteiger charge is -2.08. The Balaban J connectivity index is 2.24. The van der Waals surface area contributed by atoms with Crippen molar-refractivity contribution in [3.63, 3.8) is 0 Å². The van der Waals surface area contributed by atoms with Gasteiger partial charge in [0.1, 0.15) is 4.83 Å². The molecule has 0 saturated heterocycles. The topological polar surface area (TPSA) is 30.0 Å². The molecule has 1 heterocycles. The van der Waals surface area contributed by atoms with Crippen molar-refractivity contribution < 1.29 is 4.79 Å². The number of rotatable bonds is 3. The van der Waals surface area contributed by atoms with Crippen LogP contribution in [0, 0.1) is 0 Å². The van der Waals surface area contributed by atoms with Gasteiger partial charge in [0.05, 0.1) is 0 Å². The van der Waals surface area contributed by atoms with Crippen LogP contribution in [0.5, 0.6) is 0 Å². The summed E-state index contributed by atoms with van der Waals surface area (Å²) in [6.45, 7) is 0. The molecule has 1 aromatic heterocycles. The van der Waals surface area contributed by atoms with E-state index in [9.17, 15) is 4.79 Å². The van der Waals surface area contributed by atoms with Gasteiger partial charge in [-0.15, -0.1) is 0 Å². The van der Waals surface area contributed by atoms with Gasteiger partial charge in [-0.2, -0.15) is 0 Å². The smallest absolute Gasteiger partial charge is 0.180 e. The zero-order valence-corrected chi connectivity index (χ0v) is 10.1. The summed E-state index contributed by atoms with van der Waals surface area (Å²) in [4.78, 5) is 15.7. The summed E-state index contributed by atoms with van der Waals surface area (Å²) < 4.78 is 0. The molecule has 0 bridgehead atoms. The van der Waals surface area contributed by atoms with Gasteiger partial charge in [0.25, 0.3) is 0 Å². The molecule has 2 aromatic rings. The molecule has 0 fully saturated rings. The number of pyridine rings is 1. The second-order valence-corrected chi connectivity index (χ2v) is 4.29. The van der Waals surface area contributed by atoms with E-state index in [1.165, 1.54) is 0 Å². The van der Waals surface area contributed by atoms with Crippen LogP contribution in [0.1, 0.15) is 20.7 Å². The van der Waals surface area contributed by atoms with Crippen molar-refractivity contribution in [1.29, 1.82) is 0 Å². The standard InChI is InChI=1S/C13H10BrNO/c14-12(11-7-4-8-15-9-11)13(16)10-5-2-1-3-6-10/h1-9,12H/t12-/m1/s1. The maximum atomic E-state index is 12.1. The summed E-state index contributed by atoms with van der Waals surface area (Å²) >= 11 is 3.40. The lowest BCUT2D eigenvalue weighted by atomic mass is 10.0. The average molecular weight is 276 g/mol. The first-order valence-electron chi connectivity index (χ1n) is 4.92. The van der Waals surface area contributed by atoms with Crippen LogP contribution in [0.25, 0.3) is 0 Å². The monoisotopic (exact) mass is 275 g/mol. The highest BCUT2D eigenvalue weighted by atomic mass is 79.9. The number of carbonyl (C=O) groups is 1. The Labute approximate surface area is 102 Å². The summed E-state index contributed by atoms with van der Waals surface area (Å²) in [6.07, 6.45) is 3.39. The highest BCUT2D eigenvalue weighted by Crippen LogP contribution is 2.26. The van der Waals surface area contributed by atoms with Crippen LogP contribution >= 0.6 is 15.9 Å². The first-order valence-corrected chi connectivity index (χ1v) is 5.84. The molecular formula is C13H10BrNO. The number of halogens is 1. The molecule has 16 heavy (non-hydrogen) atoms. The van der Waals surface area contributed by atoms with Crippen LogP contribution in [0.2, 0.25) is 0 Å². The summed E-state index contributed by atoms with van der Waals surface area (Å²) in [7, 11) is 0. The van der Waals surface area contributed by atoms with Crippen LogP contribution in [-0.2, 0) is 0 Å². The minimum atomic E-state index is -0.330. The number of alkyl halides is 1. The Bertz CT molecular complexity index is 470. The molecule has 0 N–H and O–H groups in total. The van der Waals surface area contributed by atoms with Gasteiger partial charge in [0, 0.05) is 18.0 Å². The number of carbonyl (C=O) groups excluding carboxylic acids is 1. The van der Waals surface area contributed by atoms with Gasteiger partial charge in [0.2, 0.25) is 0 Å². The van der Waals surface area contributed by atoms with Crippen molar-refractivity contribution in [2.24, 2.45) is 0 Å². The fraction of sp³-hybridized carbons (Fsp3) is 0.0769. The predicted molar refractivity (Wildman–Crippen MR) is 66.7 cm³/mol. The molecule has 0 unspecified atom stereocenters. The molecule has 0 aliphatic rings. The molecule has 2 rings (SSSR count). The first kappa shape index (κ1) is 11.0. The van der Waals surface area contributed by atoms with E-state index >= 15 is 0 Å². The maximum Gasteiger partial charge on any atom is 0.180 e. The third kappa shape index (κ3) is 2.36. The molecule has 0 radical (unpaired) electrons. The Kier molecular flexibility index (Phi) is 3.47. The molecular weight excluding hydrogens is 266 g/mol. The molecule has 0 saturated carbocycles. The van der Waals surface area contributed by atoms with E-state index in [0.717, 1.165) is 5.56 Å². The minimum absolute atomic E-state index is 0.0496. The molecule has 80 valence electrons. The second-order valence-electron chi connectivity index (χ2n) is 3.38. The highest BCUT2D eigenvalue weighted by molar-refractivity contribution is 9.09. The fourth-order valence-corrected chi connectivity index (χ4v) is 1.96. The van der Waals surface area contributed by atoms with Crippen LogP contribution in [0.4, 0.5) is 0 Å². The number of hydrogen-bond donors (Lipinski definition) is 0. The molecule has 1 aromatic carbocycles. The second kappa shape index (κ2) is 5.03. The first-order chi connectivity index (χ1) is 7.79. The zero-order valence-electron chi connectivity index (χ0n) is 8.51. The number of ketones is 1. The van der Waals surface area contributed by atoms with Crippen molar-refractivity contribution in [2.75, 3.05) is 0 Å². The third-order valence-corrected chi connectivity index (χ3v) is 3.21. The number of benzene rings is 1. The summed E-state index contributed by atoms with van der Waals surface area (Å²) in [6, 6.07) is 12.9. The van der Waals surface area contributed by atoms with E-state index in [1.807, 2.05) is 42.5 Å². The van der Waals surface area contributed by atoms with Gasteiger partial charge in [-0.05, 0) is 11.6 Å². The van der Waals surface area contributed by atoms with Crippen molar-refractivity contribution in [3.8, 4) is 0 Å². The maximum absolute atomic E-state index is 12.1. The predicted octanol–water partition coefficient (Wildman–Crippen LogP) is 3.40. The van der Waals surface area contributed by atoms with E-state index in [4.69, 9.17) is 0 Å². The lowest BCUT2D eigenvalue weighted by Crippen LogP contribution is -2.06. The summed E-state index contributed by atoms with van der Waals surface area (Å²) in [5.74, 6) is 0.0496. The quantitative estimate of drug-likeness (QED) is 0.635. The average Bonchev–Trinajstić information content (AvgIpc) is 2.39. The highest BCUT2D eigenvalue weighted by Gasteiger charge is 2.18. The zero-order chi connectivity index (χ0) is 11.4. The van der Waals surface area contributed by atoms with Crippen LogP contribution in [0.3, 0.4) is 0 Å². The summed E-state index contributed by atoms with van der Waals surface area (Å²) in [5, 5.41) is 0. The van der Waals surface area contributed by atoms with Gasteiger partial charge in [0.15, 0.2) is 5.78 Å². The van der Waals surface area contributed by atoms with Crippen LogP contribution < -0.4 is 0 Å². The van der Waals surface area contributed by atoms with E-state index < -0.39 is 0 Å². The number of Topliss-reactive ketones (excluding diaryl/α,β-unsaturated/α-hetero) is 1. The molecule has 2 nitrogen and oxygen atoms in total. The molecule has 0 aliphatic heterocycles. The number of aromatic nitrogens is 1. The molecule has 0 spiro atoms. The number of nitrogens with zero attached hydrogens (tertiary/aromatic N) is 1. The van der Waals surface area contributed by atoms with Gasteiger partial charge < -0.3 is 0 Å². The van der Waals surface area contributed by atoms with Crippen LogP contribution in [-0.4, -0.2) is 10.8 Å². The Morgan fingerprint density at radius 1 is 1.12 bits per heavy atom. The van der Waals surface area contributed by atoms with Gasteiger partial charge in [-0.3, -0.25) is 9.78 Å². The normalized spacial score (nSPS) is 12.1. The van der Waals surface area contributed by atoms with E-state index in [-0.39, 0.29) is 10.6 Å². The fourth-order valence-electron chi connectivity index (χ4n) is 1.43. The Hall–Kier alpha value is -1.48. The van der Waals surface area contributed by atoms with Gasteiger partial charge in [-0.25, -0.2) is 0 Å². The SMILES string of the molecule is O=C(c1ccccc1)[C@H](Br)c1cccnc1. The third-order valence-electron chi connectivity index (χ3n) is 2.27. The van der Waals surface area contributed by atoms with Gasteiger partial charge in [-0.1, -0.05) is 52.3 Å². The minimum Gasteiger partial charge on any atom is -0.293 e. The molecule has 3 heteroatoms.